The number of nitrogens with zero attached hydrogens (tertiary/aromatic N) is 3. The lowest BCUT2D eigenvalue weighted by Gasteiger charge is -2.31. The van der Waals surface area contributed by atoms with E-state index in [1.165, 1.54) is 17.0 Å². The van der Waals surface area contributed by atoms with Crippen molar-refractivity contribution in [1.29, 1.82) is 0 Å². The van der Waals surface area contributed by atoms with Gasteiger partial charge in [0.2, 0.25) is 0 Å². The molecule has 0 saturated carbocycles. The molecule has 1 aliphatic rings. The van der Waals surface area contributed by atoms with E-state index in [2.05, 4.69) is 15.6 Å². The van der Waals surface area contributed by atoms with E-state index in [1.807, 2.05) is 43.4 Å². The summed E-state index contributed by atoms with van der Waals surface area (Å²) < 4.78 is 42.8. The van der Waals surface area contributed by atoms with E-state index in [0.717, 1.165) is 39.2 Å². The van der Waals surface area contributed by atoms with Crippen LogP contribution < -0.4 is 0 Å². The van der Waals surface area contributed by atoms with Crippen molar-refractivity contribution in [3.63, 3.8) is 0 Å². The number of hydrogen-bond donors (Lipinski definition) is 0. The first-order valence-electron chi connectivity index (χ1n) is 12.5. The molecule has 1 fully saturated rings. The number of carbonyl (C=O) groups excluding carboxylic acids is 1. The Morgan fingerprint density at radius 2 is 1.47 bits per heavy atom. The van der Waals surface area contributed by atoms with Crippen LogP contribution in [-0.4, -0.2) is 47.6 Å². The van der Waals surface area contributed by atoms with Gasteiger partial charge in [0.15, 0.2) is 0 Å². The lowest BCUT2D eigenvalue weighted by molar-refractivity contribution is -0.0494. The normalized spacial score (nSPS) is 15.2. The van der Waals surface area contributed by atoms with Crippen molar-refractivity contribution in [1.82, 2.24) is 9.47 Å². The molecule has 38 heavy (non-hydrogen) atoms. The van der Waals surface area contributed by atoms with E-state index < -0.39 is 5.92 Å². The maximum atomic E-state index is 13.7. The molecule has 0 atom stereocenters. The lowest BCUT2D eigenvalue weighted by atomic mass is 9.92. The Labute approximate surface area is 220 Å². The van der Waals surface area contributed by atoms with Gasteiger partial charge in [-0.2, -0.15) is 0 Å². The topological polar surface area (TPSA) is 37.6 Å². The first-order chi connectivity index (χ1) is 18.3. The Balaban J connectivity index is 1.48. The molecular formula is C31H28F3N3O. The molecule has 0 N–H and O–H groups in total. The van der Waals surface area contributed by atoms with Gasteiger partial charge in [0, 0.05) is 63.1 Å². The van der Waals surface area contributed by atoms with E-state index in [-0.39, 0.29) is 37.7 Å². The molecule has 0 unspecified atom stereocenters. The number of alkyl halides is 2. The molecular weight excluding hydrogens is 487 g/mol. The highest BCUT2D eigenvalue weighted by Gasteiger charge is 2.35. The van der Waals surface area contributed by atoms with E-state index >= 15 is 0 Å². The average Bonchev–Trinajstić information content (AvgIpc) is 3.28. The van der Waals surface area contributed by atoms with Gasteiger partial charge in [-0.3, -0.25) is 9.79 Å². The number of carbonyl (C=O) groups is 1. The predicted molar refractivity (Wildman–Crippen MR) is 145 cm³/mol. The largest absolute Gasteiger partial charge is 0.343 e. The summed E-state index contributed by atoms with van der Waals surface area (Å²) >= 11 is 0. The van der Waals surface area contributed by atoms with Gasteiger partial charge in [-0.05, 0) is 64.7 Å². The SMILES string of the molecule is C/N=C/c1ccc(-c2ccc(-c3ccc(C(=O)N4CCC(F)(F)CC4)cc3)cc2-c2ccc(F)cc2)n1C. The minimum Gasteiger partial charge on any atom is -0.343 e. The maximum Gasteiger partial charge on any atom is 0.253 e. The highest BCUT2D eigenvalue weighted by Crippen LogP contribution is 2.36. The number of amides is 1. The predicted octanol–water partition coefficient (Wildman–Crippen LogP) is 7.09. The molecule has 3 aromatic carbocycles. The number of halogens is 3. The van der Waals surface area contributed by atoms with Gasteiger partial charge >= 0.3 is 0 Å². The molecule has 4 nitrogen and oxygen atoms in total. The molecule has 2 heterocycles. The van der Waals surface area contributed by atoms with Gasteiger partial charge in [0.05, 0.1) is 5.69 Å². The summed E-state index contributed by atoms with van der Waals surface area (Å²) in [6.07, 6.45) is 1.19. The van der Waals surface area contributed by atoms with Gasteiger partial charge in [0.1, 0.15) is 5.82 Å². The summed E-state index contributed by atoms with van der Waals surface area (Å²) in [4.78, 5) is 18.5. The molecule has 1 saturated heterocycles. The smallest absolute Gasteiger partial charge is 0.253 e. The van der Waals surface area contributed by atoms with Crippen LogP contribution in [0, 0.1) is 5.82 Å². The molecule has 0 spiro atoms. The van der Waals surface area contributed by atoms with Gasteiger partial charge in [0.25, 0.3) is 11.8 Å². The van der Waals surface area contributed by atoms with Gasteiger partial charge < -0.3 is 9.47 Å². The second-order valence-electron chi connectivity index (χ2n) is 9.58. The van der Waals surface area contributed by atoms with Crippen LogP contribution in [0.15, 0.2) is 83.9 Å². The minimum atomic E-state index is -2.69. The fourth-order valence-electron chi connectivity index (χ4n) is 4.90. The van der Waals surface area contributed by atoms with Crippen LogP contribution in [0.2, 0.25) is 0 Å². The number of aliphatic imine (C=N–C) groups is 1. The van der Waals surface area contributed by atoms with E-state index in [0.29, 0.717) is 5.56 Å². The van der Waals surface area contributed by atoms with Crippen LogP contribution in [-0.2, 0) is 7.05 Å². The Bertz CT molecular complexity index is 1480. The Morgan fingerprint density at radius 3 is 2.13 bits per heavy atom. The number of piperidine rings is 1. The van der Waals surface area contributed by atoms with Crippen LogP contribution in [0.1, 0.15) is 28.9 Å². The molecule has 194 valence electrons. The zero-order valence-corrected chi connectivity index (χ0v) is 21.3. The lowest BCUT2D eigenvalue weighted by Crippen LogP contribution is -2.42. The molecule has 0 bridgehead atoms. The number of likely N-dealkylation sites (tertiary alicyclic amines) is 1. The molecule has 1 amide bonds. The summed E-state index contributed by atoms with van der Waals surface area (Å²) in [6, 6.07) is 23.8. The first-order valence-corrected chi connectivity index (χ1v) is 12.5. The molecule has 1 aliphatic heterocycles. The van der Waals surface area contributed by atoms with Crippen molar-refractivity contribution in [3.05, 3.63) is 95.9 Å². The van der Waals surface area contributed by atoms with Crippen molar-refractivity contribution in [2.75, 3.05) is 20.1 Å². The van der Waals surface area contributed by atoms with Crippen molar-refractivity contribution in [3.8, 4) is 33.5 Å². The third kappa shape index (κ3) is 5.14. The van der Waals surface area contributed by atoms with E-state index in [1.54, 1.807) is 37.5 Å². The summed E-state index contributed by atoms with van der Waals surface area (Å²) in [5.74, 6) is -3.23. The first kappa shape index (κ1) is 25.5. The monoisotopic (exact) mass is 515 g/mol. The number of benzene rings is 3. The Hall–Kier alpha value is -4.13. The Morgan fingerprint density at radius 1 is 0.842 bits per heavy atom. The molecule has 0 aliphatic carbocycles. The Kier molecular flexibility index (Phi) is 6.93. The number of aromatic nitrogens is 1. The second kappa shape index (κ2) is 10.3. The minimum absolute atomic E-state index is 0.0566. The van der Waals surface area contributed by atoms with Crippen molar-refractivity contribution >= 4 is 12.1 Å². The quantitative estimate of drug-likeness (QED) is 0.262. The summed E-state index contributed by atoms with van der Waals surface area (Å²) in [5, 5.41) is 0. The van der Waals surface area contributed by atoms with Crippen LogP contribution >= 0.6 is 0 Å². The van der Waals surface area contributed by atoms with Crippen LogP contribution in [0.25, 0.3) is 33.5 Å². The molecule has 0 radical (unpaired) electrons. The highest BCUT2D eigenvalue weighted by atomic mass is 19.3. The highest BCUT2D eigenvalue weighted by molar-refractivity contribution is 5.95. The molecule has 1 aromatic heterocycles. The molecule has 4 aromatic rings. The zero-order chi connectivity index (χ0) is 26.9. The van der Waals surface area contributed by atoms with Crippen molar-refractivity contribution < 1.29 is 18.0 Å². The second-order valence-corrected chi connectivity index (χ2v) is 9.58. The van der Waals surface area contributed by atoms with E-state index in [9.17, 15) is 18.0 Å². The van der Waals surface area contributed by atoms with Crippen LogP contribution in [0.5, 0.6) is 0 Å². The van der Waals surface area contributed by atoms with Crippen LogP contribution in [0.3, 0.4) is 0 Å². The van der Waals surface area contributed by atoms with E-state index in [4.69, 9.17) is 0 Å². The van der Waals surface area contributed by atoms with Gasteiger partial charge in [-0.1, -0.05) is 36.4 Å². The van der Waals surface area contributed by atoms with Crippen molar-refractivity contribution in [2.24, 2.45) is 12.0 Å². The maximum absolute atomic E-state index is 13.7. The summed E-state index contributed by atoms with van der Waals surface area (Å²) in [5.41, 5.74) is 7.10. The summed E-state index contributed by atoms with van der Waals surface area (Å²) in [7, 11) is 3.71. The van der Waals surface area contributed by atoms with Gasteiger partial charge in [-0.15, -0.1) is 0 Å². The molecule has 7 heteroatoms. The molecule has 5 rings (SSSR count). The fourth-order valence-corrected chi connectivity index (χ4v) is 4.90. The van der Waals surface area contributed by atoms with Gasteiger partial charge in [-0.25, -0.2) is 13.2 Å². The number of rotatable bonds is 5. The number of hydrogen-bond acceptors (Lipinski definition) is 2. The summed E-state index contributed by atoms with van der Waals surface area (Å²) in [6.45, 7) is 0.113. The zero-order valence-electron chi connectivity index (χ0n) is 21.3. The van der Waals surface area contributed by atoms with Crippen LogP contribution in [0.4, 0.5) is 13.2 Å². The standard InChI is InChI=1S/C31H28F3N3O/c1-35-20-26-12-14-29(36(26)2)27-13-9-24(19-28(27)22-7-10-25(32)11-8-22)21-3-5-23(6-4-21)30(38)37-17-15-31(33,34)16-18-37/h3-14,19-20H,15-18H2,1-2H3/b35-20+. The van der Waals surface area contributed by atoms with Crippen molar-refractivity contribution in [2.45, 2.75) is 18.8 Å². The third-order valence-corrected chi connectivity index (χ3v) is 7.12. The average molecular weight is 516 g/mol. The fraction of sp³-hybridized carbons (Fsp3) is 0.226. The third-order valence-electron chi connectivity index (χ3n) is 7.12.